The molecule has 2 aliphatic rings. The second-order valence-electron chi connectivity index (χ2n) is 8.34. The van der Waals surface area contributed by atoms with Crippen molar-refractivity contribution in [3.8, 4) is 0 Å². The van der Waals surface area contributed by atoms with Crippen LogP contribution in [-0.2, 0) is 24.2 Å². The van der Waals surface area contributed by atoms with Crippen molar-refractivity contribution < 1.29 is 9.59 Å². The van der Waals surface area contributed by atoms with E-state index in [1.807, 2.05) is 41.3 Å². The average Bonchev–Trinajstić information content (AvgIpc) is 2.83. The van der Waals surface area contributed by atoms with E-state index >= 15 is 0 Å². The van der Waals surface area contributed by atoms with Crippen LogP contribution in [0.2, 0.25) is 0 Å². The van der Waals surface area contributed by atoms with Crippen LogP contribution in [0.1, 0.15) is 57.1 Å². The summed E-state index contributed by atoms with van der Waals surface area (Å²) < 4.78 is 0. The van der Waals surface area contributed by atoms with Gasteiger partial charge in [0.25, 0.3) is 5.91 Å². The van der Waals surface area contributed by atoms with Gasteiger partial charge in [0.1, 0.15) is 0 Å². The van der Waals surface area contributed by atoms with Gasteiger partial charge in [0.15, 0.2) is 0 Å². The van der Waals surface area contributed by atoms with E-state index in [-0.39, 0.29) is 17.9 Å². The summed E-state index contributed by atoms with van der Waals surface area (Å²) in [6.07, 6.45) is 1.81. The molecule has 1 N–H and O–H groups in total. The third kappa shape index (κ3) is 3.42. The molecule has 2 aliphatic heterocycles. The van der Waals surface area contributed by atoms with Gasteiger partial charge in [-0.3, -0.25) is 9.59 Å². The lowest BCUT2D eigenvalue weighted by molar-refractivity contribution is -0.124. The number of nitrogens with one attached hydrogen (secondary N) is 1. The molecule has 3 aromatic rings. The van der Waals surface area contributed by atoms with Crippen LogP contribution in [0, 0.1) is 0 Å². The summed E-state index contributed by atoms with van der Waals surface area (Å²) in [4.78, 5) is 28.7. The van der Waals surface area contributed by atoms with Gasteiger partial charge < -0.3 is 10.2 Å². The first-order chi connectivity index (χ1) is 15.2. The molecule has 31 heavy (non-hydrogen) atoms. The van der Waals surface area contributed by atoms with Crippen LogP contribution >= 0.6 is 0 Å². The first kappa shape index (κ1) is 19.6. The van der Waals surface area contributed by atoms with Gasteiger partial charge >= 0.3 is 0 Å². The number of carbonyl (C=O) groups excluding carboxylic acids is 2. The lowest BCUT2D eigenvalue weighted by Crippen LogP contribution is -2.50. The van der Waals surface area contributed by atoms with E-state index in [9.17, 15) is 9.59 Å². The van der Waals surface area contributed by atoms with Gasteiger partial charge in [-0.1, -0.05) is 73.7 Å². The fourth-order valence-electron chi connectivity index (χ4n) is 4.95. The highest BCUT2D eigenvalue weighted by atomic mass is 16.2. The van der Waals surface area contributed by atoms with Crippen molar-refractivity contribution in [1.29, 1.82) is 0 Å². The average molecular weight is 411 g/mol. The topological polar surface area (TPSA) is 49.4 Å². The van der Waals surface area contributed by atoms with E-state index in [1.54, 1.807) is 0 Å². The molecule has 0 aliphatic carbocycles. The fourth-order valence-corrected chi connectivity index (χ4v) is 4.95. The molecule has 2 amide bonds. The van der Waals surface area contributed by atoms with E-state index in [0.29, 0.717) is 18.7 Å². The quantitative estimate of drug-likeness (QED) is 0.693. The largest absolute Gasteiger partial charge is 0.351 e. The van der Waals surface area contributed by atoms with Crippen molar-refractivity contribution in [2.24, 2.45) is 0 Å². The third-order valence-electron chi connectivity index (χ3n) is 6.61. The maximum atomic E-state index is 13.6. The molecule has 0 saturated carbocycles. The molecule has 0 bridgehead atoms. The Labute approximate surface area is 182 Å². The summed E-state index contributed by atoms with van der Waals surface area (Å²) in [5, 5.41) is 3.15. The Kier molecular flexibility index (Phi) is 5.06. The number of hydrogen-bond acceptors (Lipinski definition) is 2. The molecule has 3 aromatic carbocycles. The van der Waals surface area contributed by atoms with Crippen molar-refractivity contribution in [3.63, 3.8) is 0 Å². The van der Waals surface area contributed by atoms with Gasteiger partial charge in [-0.2, -0.15) is 0 Å². The van der Waals surface area contributed by atoms with Crippen LogP contribution in [-0.4, -0.2) is 23.3 Å². The highest BCUT2D eigenvalue weighted by Gasteiger charge is 2.45. The Bertz CT molecular complexity index is 1140. The van der Waals surface area contributed by atoms with Gasteiger partial charge in [-0.25, -0.2) is 0 Å². The minimum absolute atomic E-state index is 0.0225. The van der Waals surface area contributed by atoms with E-state index in [1.165, 1.54) is 11.1 Å². The molecule has 156 valence electrons. The van der Waals surface area contributed by atoms with Gasteiger partial charge in [0, 0.05) is 18.7 Å². The number of amides is 2. The number of benzene rings is 3. The predicted octanol–water partition coefficient (Wildman–Crippen LogP) is 4.40. The maximum absolute atomic E-state index is 13.6. The molecule has 0 spiro atoms. The highest BCUT2D eigenvalue weighted by molar-refractivity contribution is 6.01. The van der Waals surface area contributed by atoms with E-state index in [4.69, 9.17) is 0 Å². The van der Waals surface area contributed by atoms with Crippen molar-refractivity contribution in [1.82, 2.24) is 10.2 Å². The molecular weight excluding hydrogens is 384 g/mol. The second-order valence-corrected chi connectivity index (χ2v) is 8.34. The Hall–Kier alpha value is -3.40. The van der Waals surface area contributed by atoms with Crippen molar-refractivity contribution >= 4 is 11.8 Å². The maximum Gasteiger partial charge on any atom is 0.254 e. The zero-order valence-corrected chi connectivity index (χ0v) is 17.7. The van der Waals surface area contributed by atoms with E-state index in [0.717, 1.165) is 29.5 Å². The number of fused-ring (bicyclic) bond motifs is 4. The SMILES string of the molecule is CCc1ccc(CNC(=O)[C@@H]2c3ccccc3C(=O)N3CCc4ccccc4[C@@H]23)cc1. The van der Waals surface area contributed by atoms with Crippen LogP contribution in [0.4, 0.5) is 0 Å². The molecule has 4 nitrogen and oxygen atoms in total. The molecule has 0 radical (unpaired) electrons. The monoisotopic (exact) mass is 410 g/mol. The van der Waals surface area contributed by atoms with Crippen molar-refractivity contribution in [2.45, 2.75) is 38.3 Å². The van der Waals surface area contributed by atoms with Crippen LogP contribution < -0.4 is 5.32 Å². The molecule has 5 rings (SSSR count). The Balaban J connectivity index is 1.50. The number of carbonyl (C=O) groups is 2. The first-order valence-electron chi connectivity index (χ1n) is 11.0. The molecule has 0 aromatic heterocycles. The molecule has 0 fully saturated rings. The third-order valence-corrected chi connectivity index (χ3v) is 6.61. The molecule has 0 saturated heterocycles. The zero-order chi connectivity index (χ0) is 21.4. The lowest BCUT2D eigenvalue weighted by atomic mass is 9.76. The van der Waals surface area contributed by atoms with Crippen LogP contribution in [0.25, 0.3) is 0 Å². The Morgan fingerprint density at radius 3 is 2.39 bits per heavy atom. The molecule has 4 heteroatoms. The van der Waals surface area contributed by atoms with Crippen LogP contribution in [0.5, 0.6) is 0 Å². The summed E-state index contributed by atoms with van der Waals surface area (Å²) in [7, 11) is 0. The smallest absolute Gasteiger partial charge is 0.254 e. The summed E-state index contributed by atoms with van der Waals surface area (Å²) in [6.45, 7) is 3.24. The molecule has 2 heterocycles. The fraction of sp³-hybridized carbons (Fsp3) is 0.259. The zero-order valence-electron chi connectivity index (χ0n) is 17.7. The standard InChI is InChI=1S/C27H26N2O2/c1-2-18-11-13-19(14-12-18)17-28-26(30)24-22-9-5-6-10-23(22)27(31)29-16-15-20-7-3-4-8-21(20)25(24)29/h3-14,24-25H,2,15-17H2,1H3,(H,28,30)/t24-,25+/m1/s1. The number of nitrogens with zero attached hydrogens (tertiary/aromatic N) is 1. The summed E-state index contributed by atoms with van der Waals surface area (Å²) in [5.41, 5.74) is 6.14. The Morgan fingerprint density at radius 2 is 1.61 bits per heavy atom. The van der Waals surface area contributed by atoms with Gasteiger partial charge in [0.05, 0.1) is 12.0 Å². The second kappa shape index (κ2) is 8.03. The summed E-state index contributed by atoms with van der Waals surface area (Å²) in [5.74, 6) is -0.439. The minimum atomic E-state index is -0.426. The lowest BCUT2D eigenvalue weighted by Gasteiger charge is -2.45. The summed E-state index contributed by atoms with van der Waals surface area (Å²) >= 11 is 0. The number of rotatable bonds is 4. The van der Waals surface area contributed by atoms with Crippen molar-refractivity contribution in [3.05, 3.63) is 106 Å². The Morgan fingerprint density at radius 1 is 0.935 bits per heavy atom. The summed E-state index contributed by atoms with van der Waals surface area (Å²) in [6, 6.07) is 23.9. The first-order valence-corrected chi connectivity index (χ1v) is 11.0. The van der Waals surface area contributed by atoms with E-state index < -0.39 is 5.92 Å². The molecule has 2 atom stereocenters. The molecule has 0 unspecified atom stereocenters. The van der Waals surface area contributed by atoms with Crippen LogP contribution in [0.15, 0.2) is 72.8 Å². The van der Waals surface area contributed by atoms with Gasteiger partial charge in [0.2, 0.25) is 5.91 Å². The van der Waals surface area contributed by atoms with Gasteiger partial charge in [-0.05, 0) is 46.7 Å². The highest BCUT2D eigenvalue weighted by Crippen LogP contribution is 2.45. The normalized spacial score (nSPS) is 19.3. The number of aryl methyl sites for hydroxylation is 1. The molecular formula is C27H26N2O2. The van der Waals surface area contributed by atoms with Gasteiger partial charge in [-0.15, -0.1) is 0 Å². The van der Waals surface area contributed by atoms with E-state index in [2.05, 4.69) is 48.6 Å². The van der Waals surface area contributed by atoms with Crippen LogP contribution in [0.3, 0.4) is 0 Å². The number of hydrogen-bond donors (Lipinski definition) is 1. The van der Waals surface area contributed by atoms with Crippen molar-refractivity contribution in [2.75, 3.05) is 6.54 Å². The predicted molar refractivity (Wildman–Crippen MR) is 121 cm³/mol. The minimum Gasteiger partial charge on any atom is -0.351 e.